The fourth-order valence-electron chi connectivity index (χ4n) is 3.06. The fourth-order valence-corrected chi connectivity index (χ4v) is 3.65. The molecule has 2 heterocycles. The van der Waals surface area contributed by atoms with Crippen molar-refractivity contribution in [1.82, 2.24) is 14.8 Å². The Morgan fingerprint density at radius 1 is 1.18 bits per heavy atom. The van der Waals surface area contributed by atoms with Crippen LogP contribution < -0.4 is 0 Å². The van der Waals surface area contributed by atoms with Crippen LogP contribution in [0, 0.1) is 5.82 Å². The Kier molecular flexibility index (Phi) is 6.46. The minimum absolute atomic E-state index is 0.0318. The molecule has 1 aliphatic heterocycles. The highest BCUT2D eigenvalue weighted by molar-refractivity contribution is 7.90. The molecule has 0 radical (unpaired) electrons. The van der Waals surface area contributed by atoms with Crippen molar-refractivity contribution in [1.29, 1.82) is 0 Å². The zero-order chi connectivity index (χ0) is 20.1. The molecule has 1 aromatic carbocycles. The summed E-state index contributed by atoms with van der Waals surface area (Å²) < 4.78 is 41.2. The Morgan fingerprint density at radius 2 is 1.86 bits per heavy atom. The molecule has 0 bridgehead atoms. The van der Waals surface area contributed by atoms with Gasteiger partial charge in [-0.15, -0.1) is 0 Å². The Hall–Kier alpha value is -2.26. The third kappa shape index (κ3) is 5.87. The van der Waals surface area contributed by atoms with Gasteiger partial charge in [-0.1, -0.05) is 0 Å². The number of aryl methyl sites for hydroxylation is 1. The van der Waals surface area contributed by atoms with Gasteiger partial charge in [0.05, 0.1) is 11.9 Å². The van der Waals surface area contributed by atoms with Gasteiger partial charge in [0.15, 0.2) is 11.7 Å². The summed E-state index contributed by atoms with van der Waals surface area (Å²) in [5, 5.41) is 0. The van der Waals surface area contributed by atoms with Crippen LogP contribution in [0.4, 0.5) is 4.39 Å². The van der Waals surface area contributed by atoms with Crippen molar-refractivity contribution in [3.05, 3.63) is 42.2 Å². The van der Waals surface area contributed by atoms with Crippen molar-refractivity contribution < 1.29 is 22.0 Å². The lowest BCUT2D eigenvalue weighted by Crippen LogP contribution is -2.49. The number of carbonyl (C=O) groups excluding carboxylic acids is 1. The quantitative estimate of drug-likeness (QED) is 0.691. The van der Waals surface area contributed by atoms with Crippen LogP contribution in [0.2, 0.25) is 0 Å². The maximum absolute atomic E-state index is 13.0. The molecular weight excluding hydrogens is 385 g/mol. The predicted octanol–water partition coefficient (Wildman–Crippen LogP) is 1.60. The molecule has 1 fully saturated rings. The molecule has 3 rings (SSSR count). The molecule has 0 saturated carbocycles. The molecule has 0 atom stereocenters. The predicted molar refractivity (Wildman–Crippen MR) is 103 cm³/mol. The zero-order valence-electron chi connectivity index (χ0n) is 15.8. The average Bonchev–Trinajstić information content (AvgIpc) is 3.14. The molecule has 9 heteroatoms. The van der Waals surface area contributed by atoms with Gasteiger partial charge in [-0.2, -0.15) is 0 Å². The molecule has 0 unspecified atom stereocenters. The summed E-state index contributed by atoms with van der Waals surface area (Å²) in [6, 6.07) is 5.95. The molecule has 0 aliphatic carbocycles. The number of amides is 1. The second-order valence-electron chi connectivity index (χ2n) is 6.98. The fraction of sp³-hybridized carbons (Fsp3) is 0.474. The second kappa shape index (κ2) is 8.83. The first kappa shape index (κ1) is 20.5. The third-order valence-corrected chi connectivity index (χ3v) is 5.66. The van der Waals surface area contributed by atoms with Crippen LogP contribution >= 0.6 is 0 Å². The van der Waals surface area contributed by atoms with E-state index in [0.717, 1.165) is 5.56 Å². The lowest BCUT2D eigenvalue weighted by molar-refractivity contribution is -0.132. The van der Waals surface area contributed by atoms with Crippen LogP contribution in [0.1, 0.15) is 12.3 Å². The van der Waals surface area contributed by atoms with Crippen LogP contribution in [-0.2, 0) is 21.1 Å². The number of sulfone groups is 1. The highest BCUT2D eigenvalue weighted by Crippen LogP contribution is 2.21. The maximum atomic E-state index is 13.0. The number of rotatable bonds is 7. The van der Waals surface area contributed by atoms with E-state index in [0.29, 0.717) is 57.2 Å². The van der Waals surface area contributed by atoms with Gasteiger partial charge in [0.25, 0.3) is 0 Å². The molecule has 2 aromatic rings. The van der Waals surface area contributed by atoms with E-state index in [9.17, 15) is 17.6 Å². The molecule has 28 heavy (non-hydrogen) atoms. The molecule has 7 nitrogen and oxygen atoms in total. The van der Waals surface area contributed by atoms with E-state index >= 15 is 0 Å². The van der Waals surface area contributed by atoms with Crippen molar-refractivity contribution in [3.8, 4) is 11.3 Å². The molecule has 152 valence electrons. The first-order valence-corrected chi connectivity index (χ1v) is 11.2. The Balaban J connectivity index is 1.44. The van der Waals surface area contributed by atoms with E-state index in [1.54, 1.807) is 23.2 Å². The minimum Gasteiger partial charge on any atom is -0.441 e. The van der Waals surface area contributed by atoms with Crippen LogP contribution in [0.5, 0.6) is 0 Å². The number of hydrogen-bond donors (Lipinski definition) is 0. The second-order valence-corrected chi connectivity index (χ2v) is 9.24. The molecule has 1 aromatic heterocycles. The number of hydrogen-bond acceptors (Lipinski definition) is 6. The molecule has 0 N–H and O–H groups in total. The van der Waals surface area contributed by atoms with Gasteiger partial charge in [-0.3, -0.25) is 9.69 Å². The third-order valence-electron chi connectivity index (χ3n) is 4.74. The number of piperazine rings is 1. The van der Waals surface area contributed by atoms with Gasteiger partial charge in [0, 0.05) is 57.4 Å². The molecule has 1 amide bonds. The smallest absolute Gasteiger partial charge is 0.223 e. The molecule has 1 aliphatic rings. The van der Waals surface area contributed by atoms with Crippen molar-refractivity contribution in [2.75, 3.05) is 44.7 Å². The van der Waals surface area contributed by atoms with Crippen LogP contribution in [0.25, 0.3) is 11.3 Å². The SMILES string of the molecule is CS(=O)(=O)CCN1CCN(C(=O)CCc2ncc(-c3ccc(F)cc3)o2)CC1. The number of aromatic nitrogens is 1. The van der Waals surface area contributed by atoms with Gasteiger partial charge >= 0.3 is 0 Å². The van der Waals surface area contributed by atoms with Crippen molar-refractivity contribution >= 4 is 15.7 Å². The van der Waals surface area contributed by atoms with Crippen LogP contribution in [0.15, 0.2) is 34.9 Å². The van der Waals surface area contributed by atoms with E-state index in [-0.39, 0.29) is 17.5 Å². The van der Waals surface area contributed by atoms with Crippen molar-refractivity contribution in [2.45, 2.75) is 12.8 Å². The van der Waals surface area contributed by atoms with Gasteiger partial charge < -0.3 is 9.32 Å². The summed E-state index contributed by atoms with van der Waals surface area (Å²) in [5.74, 6) is 0.873. The summed E-state index contributed by atoms with van der Waals surface area (Å²) in [6.07, 6.45) is 3.51. The first-order chi connectivity index (χ1) is 13.3. The number of carbonyl (C=O) groups is 1. The summed E-state index contributed by atoms with van der Waals surface area (Å²) in [6.45, 7) is 3.04. The Bertz CT molecular complexity index is 904. The molecular formula is C19H24FN3O4S. The molecule has 0 spiro atoms. The van der Waals surface area contributed by atoms with E-state index < -0.39 is 9.84 Å². The summed E-state index contributed by atoms with van der Waals surface area (Å²) in [4.78, 5) is 20.5. The number of halogens is 1. The van der Waals surface area contributed by atoms with Crippen LogP contribution in [-0.4, -0.2) is 73.8 Å². The normalized spacial score (nSPS) is 15.7. The van der Waals surface area contributed by atoms with E-state index in [1.807, 2.05) is 0 Å². The van der Waals surface area contributed by atoms with E-state index in [4.69, 9.17) is 4.42 Å². The Labute approximate surface area is 164 Å². The standard InChI is InChI=1S/C19H24FN3O4S/c1-28(25,26)13-12-22-8-10-23(11-9-22)19(24)7-6-18-21-14-17(27-18)15-2-4-16(20)5-3-15/h2-5,14H,6-13H2,1H3. The van der Waals surface area contributed by atoms with Crippen LogP contribution in [0.3, 0.4) is 0 Å². The van der Waals surface area contributed by atoms with E-state index in [1.165, 1.54) is 18.4 Å². The minimum atomic E-state index is -2.97. The van der Waals surface area contributed by atoms with Crippen molar-refractivity contribution in [2.24, 2.45) is 0 Å². The summed E-state index contributed by atoms with van der Waals surface area (Å²) >= 11 is 0. The monoisotopic (exact) mass is 409 g/mol. The maximum Gasteiger partial charge on any atom is 0.223 e. The van der Waals surface area contributed by atoms with Gasteiger partial charge in [0.1, 0.15) is 15.7 Å². The lowest BCUT2D eigenvalue weighted by Gasteiger charge is -2.34. The summed E-state index contributed by atoms with van der Waals surface area (Å²) in [5.41, 5.74) is 0.733. The topological polar surface area (TPSA) is 83.7 Å². The number of oxazole rings is 1. The van der Waals surface area contributed by atoms with Crippen molar-refractivity contribution in [3.63, 3.8) is 0 Å². The van der Waals surface area contributed by atoms with Gasteiger partial charge in [-0.05, 0) is 24.3 Å². The number of benzene rings is 1. The highest BCUT2D eigenvalue weighted by Gasteiger charge is 2.22. The first-order valence-electron chi connectivity index (χ1n) is 9.19. The number of nitrogens with zero attached hydrogens (tertiary/aromatic N) is 3. The largest absolute Gasteiger partial charge is 0.441 e. The van der Waals surface area contributed by atoms with E-state index in [2.05, 4.69) is 9.88 Å². The van der Waals surface area contributed by atoms with Gasteiger partial charge in [0.2, 0.25) is 5.91 Å². The van der Waals surface area contributed by atoms with Gasteiger partial charge in [-0.25, -0.2) is 17.8 Å². The average molecular weight is 409 g/mol. The lowest BCUT2D eigenvalue weighted by atomic mass is 10.2. The molecule has 1 saturated heterocycles. The highest BCUT2D eigenvalue weighted by atomic mass is 32.2. The zero-order valence-corrected chi connectivity index (χ0v) is 16.6. The summed E-state index contributed by atoms with van der Waals surface area (Å²) in [7, 11) is -2.97. The Morgan fingerprint density at radius 3 is 2.50 bits per heavy atom.